The number of non-ortho nitro benzene ring substituents is 1. The van der Waals surface area contributed by atoms with Crippen molar-refractivity contribution < 1.29 is 22.9 Å². The Morgan fingerprint density at radius 3 is 2.04 bits per heavy atom. The third kappa shape index (κ3) is 8.78. The van der Waals surface area contributed by atoms with E-state index in [-0.39, 0.29) is 41.2 Å². The summed E-state index contributed by atoms with van der Waals surface area (Å²) in [7, 11) is -4.32. The van der Waals surface area contributed by atoms with Crippen LogP contribution in [0.5, 0.6) is 0 Å². The Morgan fingerprint density at radius 2 is 1.44 bits per heavy atom. The number of nitrogens with zero attached hydrogens (tertiary/aromatic N) is 3. The van der Waals surface area contributed by atoms with Crippen molar-refractivity contribution in [3.63, 3.8) is 0 Å². The number of carbonyl (C=O) groups is 2. The maximum Gasteiger partial charge on any atom is 0.269 e. The maximum absolute atomic E-state index is 14.6. The molecule has 1 unspecified atom stereocenters. The molecule has 1 atom stereocenters. The second-order valence-electron chi connectivity index (χ2n) is 11.8. The van der Waals surface area contributed by atoms with Gasteiger partial charge in [-0.15, -0.1) is 0 Å². The van der Waals surface area contributed by atoms with Gasteiger partial charge in [-0.25, -0.2) is 8.42 Å². The Morgan fingerprint density at radius 1 is 0.833 bits per heavy atom. The number of halogens is 1. The molecule has 0 spiro atoms. The highest BCUT2D eigenvalue weighted by atomic mass is 35.5. The fourth-order valence-electron chi connectivity index (χ4n) is 5.87. The van der Waals surface area contributed by atoms with E-state index in [1.807, 2.05) is 30.3 Å². The van der Waals surface area contributed by atoms with Crippen LogP contribution in [0.3, 0.4) is 0 Å². The van der Waals surface area contributed by atoms with Crippen LogP contribution in [0.1, 0.15) is 43.2 Å². The Kier molecular flexibility index (Phi) is 11.5. The lowest BCUT2D eigenvalue weighted by molar-refractivity contribution is -0.384. The van der Waals surface area contributed by atoms with E-state index in [0.29, 0.717) is 10.6 Å². The Balaban J connectivity index is 1.56. The molecule has 0 aromatic heterocycles. The average Bonchev–Trinajstić information content (AvgIpc) is 3.10. The van der Waals surface area contributed by atoms with Crippen LogP contribution in [0.2, 0.25) is 5.02 Å². The van der Waals surface area contributed by atoms with E-state index in [0.717, 1.165) is 42.0 Å². The summed E-state index contributed by atoms with van der Waals surface area (Å²) >= 11 is 6.16. The minimum absolute atomic E-state index is 0.00503. The van der Waals surface area contributed by atoms with Gasteiger partial charge in [-0.1, -0.05) is 91.5 Å². The molecule has 1 saturated carbocycles. The smallest absolute Gasteiger partial charge is 0.269 e. The summed E-state index contributed by atoms with van der Waals surface area (Å²) in [6, 6.07) is 27.9. The Bertz CT molecular complexity index is 1800. The lowest BCUT2D eigenvalue weighted by atomic mass is 9.94. The van der Waals surface area contributed by atoms with Crippen LogP contribution in [0, 0.1) is 10.1 Å². The third-order valence-electron chi connectivity index (χ3n) is 8.45. The number of nitrogens with one attached hydrogen (secondary N) is 1. The molecule has 2 amide bonds. The summed E-state index contributed by atoms with van der Waals surface area (Å²) in [6.45, 7) is -0.657. The monoisotopic (exact) mass is 688 g/mol. The zero-order valence-electron chi connectivity index (χ0n) is 26.3. The van der Waals surface area contributed by atoms with E-state index in [1.54, 1.807) is 42.5 Å². The van der Waals surface area contributed by atoms with E-state index in [9.17, 15) is 28.1 Å². The van der Waals surface area contributed by atoms with Crippen molar-refractivity contribution in [1.29, 1.82) is 0 Å². The summed E-state index contributed by atoms with van der Waals surface area (Å²) < 4.78 is 29.1. The zero-order chi connectivity index (χ0) is 34.1. The van der Waals surface area contributed by atoms with Crippen LogP contribution in [-0.2, 0) is 32.6 Å². The largest absolute Gasteiger partial charge is 0.352 e. The topological polar surface area (TPSA) is 130 Å². The second-order valence-corrected chi connectivity index (χ2v) is 14.1. The fraction of sp³-hybridized carbons (Fsp3) is 0.278. The third-order valence-corrected chi connectivity index (χ3v) is 10.5. The van der Waals surface area contributed by atoms with E-state index < -0.39 is 33.4 Å². The van der Waals surface area contributed by atoms with Crippen molar-refractivity contribution in [2.75, 3.05) is 10.8 Å². The zero-order valence-corrected chi connectivity index (χ0v) is 27.9. The quantitative estimate of drug-likeness (QED) is 0.126. The molecule has 0 heterocycles. The highest BCUT2D eigenvalue weighted by Crippen LogP contribution is 2.27. The Hall–Kier alpha value is -4.74. The number of amides is 2. The van der Waals surface area contributed by atoms with Gasteiger partial charge in [0.1, 0.15) is 12.6 Å². The van der Waals surface area contributed by atoms with Crippen LogP contribution in [0.25, 0.3) is 0 Å². The number of nitro groups is 1. The van der Waals surface area contributed by atoms with Crippen LogP contribution in [0.15, 0.2) is 114 Å². The van der Waals surface area contributed by atoms with Gasteiger partial charge in [-0.2, -0.15) is 0 Å². The molecule has 5 rings (SSSR count). The van der Waals surface area contributed by atoms with Crippen molar-refractivity contribution >= 4 is 44.8 Å². The normalized spacial score (nSPS) is 14.1. The lowest BCUT2D eigenvalue weighted by Crippen LogP contribution is -2.55. The molecule has 250 valence electrons. The first-order valence-corrected chi connectivity index (χ1v) is 17.6. The van der Waals surface area contributed by atoms with E-state index >= 15 is 0 Å². The number of carbonyl (C=O) groups excluding carboxylic acids is 2. The lowest BCUT2D eigenvalue weighted by Gasteiger charge is -2.35. The molecular weight excluding hydrogens is 652 g/mol. The van der Waals surface area contributed by atoms with Gasteiger partial charge in [-0.05, 0) is 60.4 Å². The standard InChI is InChI=1S/C36H37ClN4O6S/c37-29-18-16-28(17-19-29)25-39(34(24-27-10-4-1-5-11-27)36(43)38-30-12-6-2-7-13-30)35(42)26-40(31-20-22-32(23-21-31)41(44)45)48(46,47)33-14-8-3-9-15-33/h1,3-5,8-11,14-23,30,34H,2,6-7,12-13,24-26H2,(H,38,43). The molecule has 12 heteroatoms. The highest BCUT2D eigenvalue weighted by Gasteiger charge is 2.35. The molecule has 0 saturated heterocycles. The molecule has 4 aromatic carbocycles. The van der Waals surface area contributed by atoms with Crippen LogP contribution in [0.4, 0.5) is 11.4 Å². The van der Waals surface area contributed by atoms with Crippen molar-refractivity contribution in [2.45, 2.75) is 62.0 Å². The summed E-state index contributed by atoms with van der Waals surface area (Å²) in [5, 5.41) is 15.0. The van der Waals surface area contributed by atoms with Gasteiger partial charge in [0, 0.05) is 36.2 Å². The minimum atomic E-state index is -4.32. The van der Waals surface area contributed by atoms with Crippen molar-refractivity contribution in [3.8, 4) is 0 Å². The summed E-state index contributed by atoms with van der Waals surface area (Å²) in [5.41, 5.74) is 1.37. The number of anilines is 1. The van der Waals surface area contributed by atoms with Gasteiger partial charge < -0.3 is 10.2 Å². The van der Waals surface area contributed by atoms with Gasteiger partial charge in [0.15, 0.2) is 0 Å². The molecule has 1 fully saturated rings. The van der Waals surface area contributed by atoms with Crippen molar-refractivity contribution in [2.24, 2.45) is 0 Å². The number of rotatable bonds is 13. The summed E-state index contributed by atoms with van der Waals surface area (Å²) in [6.07, 6.45) is 5.00. The maximum atomic E-state index is 14.6. The van der Waals surface area contributed by atoms with E-state index in [1.165, 1.54) is 41.3 Å². The molecule has 0 radical (unpaired) electrons. The molecule has 1 N–H and O–H groups in total. The van der Waals surface area contributed by atoms with Gasteiger partial charge >= 0.3 is 0 Å². The van der Waals surface area contributed by atoms with Gasteiger partial charge in [-0.3, -0.25) is 24.0 Å². The number of sulfonamides is 1. The molecular formula is C36H37ClN4O6S. The number of hydrogen-bond acceptors (Lipinski definition) is 6. The van der Waals surface area contributed by atoms with Crippen molar-refractivity contribution in [3.05, 3.63) is 135 Å². The first-order chi connectivity index (χ1) is 23.1. The predicted octanol–water partition coefficient (Wildman–Crippen LogP) is 6.53. The first-order valence-electron chi connectivity index (χ1n) is 15.8. The number of benzene rings is 4. The van der Waals surface area contributed by atoms with Crippen LogP contribution in [-0.4, -0.2) is 48.7 Å². The van der Waals surface area contributed by atoms with E-state index in [2.05, 4.69) is 5.32 Å². The number of nitro benzene ring substituents is 1. The van der Waals surface area contributed by atoms with Crippen LogP contribution < -0.4 is 9.62 Å². The van der Waals surface area contributed by atoms with Crippen LogP contribution >= 0.6 is 11.6 Å². The molecule has 0 aliphatic heterocycles. The minimum Gasteiger partial charge on any atom is -0.352 e. The fourth-order valence-corrected chi connectivity index (χ4v) is 7.44. The SMILES string of the molecule is O=C(NC1CCCCC1)C(Cc1ccccc1)N(Cc1ccc(Cl)cc1)C(=O)CN(c1ccc([N+](=O)[O-])cc1)S(=O)(=O)c1ccccc1. The molecule has 10 nitrogen and oxygen atoms in total. The van der Waals surface area contributed by atoms with Gasteiger partial charge in [0.05, 0.1) is 15.5 Å². The average molecular weight is 689 g/mol. The molecule has 1 aliphatic rings. The van der Waals surface area contributed by atoms with Gasteiger partial charge in [0.25, 0.3) is 15.7 Å². The van der Waals surface area contributed by atoms with Crippen molar-refractivity contribution in [1.82, 2.24) is 10.2 Å². The predicted molar refractivity (Wildman–Crippen MR) is 185 cm³/mol. The molecule has 0 bridgehead atoms. The molecule has 4 aromatic rings. The molecule has 1 aliphatic carbocycles. The molecule has 48 heavy (non-hydrogen) atoms. The second kappa shape index (κ2) is 15.9. The van der Waals surface area contributed by atoms with Gasteiger partial charge in [0.2, 0.25) is 11.8 Å². The number of hydrogen-bond donors (Lipinski definition) is 1. The highest BCUT2D eigenvalue weighted by molar-refractivity contribution is 7.92. The van der Waals surface area contributed by atoms with E-state index in [4.69, 9.17) is 11.6 Å². The summed E-state index contributed by atoms with van der Waals surface area (Å²) in [4.78, 5) is 40.9. The first kappa shape index (κ1) is 34.6. The summed E-state index contributed by atoms with van der Waals surface area (Å²) in [5.74, 6) is -0.941. The Labute approximate surface area is 285 Å².